The molecule has 5 nitrogen and oxygen atoms in total. The highest BCUT2D eigenvalue weighted by molar-refractivity contribution is 7.89. The highest BCUT2D eigenvalue weighted by Crippen LogP contribution is 2.31. The molecule has 1 atom stereocenters. The van der Waals surface area contributed by atoms with Crippen LogP contribution in [-0.4, -0.2) is 20.9 Å². The number of halogens is 1. The first-order chi connectivity index (χ1) is 14.8. The van der Waals surface area contributed by atoms with Gasteiger partial charge in [-0.1, -0.05) is 48.0 Å². The number of fused-ring (bicyclic) bond motifs is 1. The number of rotatable bonds is 5. The fourth-order valence-corrected chi connectivity index (χ4v) is 5.31. The van der Waals surface area contributed by atoms with Crippen molar-refractivity contribution >= 4 is 33.2 Å². The number of anilines is 1. The number of hydrogen-bond acceptors (Lipinski definition) is 3. The number of sulfonamides is 1. The van der Waals surface area contributed by atoms with Crippen molar-refractivity contribution in [3.63, 3.8) is 0 Å². The third kappa shape index (κ3) is 4.66. The SMILES string of the molecule is C[C@H](NS(=O)(=O)c1ccc2c(c1)CCCN2C(=O)c1cccc(Cl)c1)c1ccccc1. The monoisotopic (exact) mass is 454 g/mol. The molecule has 4 rings (SSSR count). The number of amides is 1. The molecule has 0 radical (unpaired) electrons. The molecule has 1 amide bonds. The molecule has 7 heteroatoms. The van der Waals surface area contributed by atoms with Crippen molar-refractivity contribution in [3.8, 4) is 0 Å². The summed E-state index contributed by atoms with van der Waals surface area (Å²) in [5.74, 6) is -0.144. The van der Waals surface area contributed by atoms with E-state index in [0.717, 1.165) is 23.2 Å². The summed E-state index contributed by atoms with van der Waals surface area (Å²) in [6.45, 7) is 2.39. The normalized spacial score (nSPS) is 14.7. The van der Waals surface area contributed by atoms with Crippen molar-refractivity contribution in [1.82, 2.24) is 4.72 Å². The number of hydrogen-bond donors (Lipinski definition) is 1. The zero-order chi connectivity index (χ0) is 22.0. The van der Waals surface area contributed by atoms with Crippen LogP contribution in [0.1, 0.15) is 40.9 Å². The Labute approximate surface area is 187 Å². The zero-order valence-electron chi connectivity index (χ0n) is 17.1. The van der Waals surface area contributed by atoms with Crippen LogP contribution in [-0.2, 0) is 16.4 Å². The first-order valence-electron chi connectivity index (χ1n) is 10.1. The summed E-state index contributed by atoms with van der Waals surface area (Å²) in [7, 11) is -3.71. The fraction of sp³-hybridized carbons (Fsp3) is 0.208. The minimum atomic E-state index is -3.71. The third-order valence-electron chi connectivity index (χ3n) is 5.43. The van der Waals surface area contributed by atoms with Crippen LogP contribution in [0, 0.1) is 0 Å². The highest BCUT2D eigenvalue weighted by Gasteiger charge is 2.26. The molecule has 1 aliphatic heterocycles. The number of benzene rings is 3. The number of carbonyl (C=O) groups excluding carboxylic acids is 1. The third-order valence-corrected chi connectivity index (χ3v) is 7.20. The molecule has 0 aromatic heterocycles. The van der Waals surface area contributed by atoms with Crippen LogP contribution >= 0.6 is 11.6 Å². The van der Waals surface area contributed by atoms with Gasteiger partial charge >= 0.3 is 0 Å². The van der Waals surface area contributed by atoms with Gasteiger partial charge in [0, 0.05) is 28.9 Å². The average Bonchev–Trinajstić information content (AvgIpc) is 2.78. The molecule has 0 fully saturated rings. The van der Waals surface area contributed by atoms with Gasteiger partial charge in [-0.15, -0.1) is 0 Å². The summed E-state index contributed by atoms with van der Waals surface area (Å²) in [6, 6.07) is 20.9. The van der Waals surface area contributed by atoms with Gasteiger partial charge in [-0.3, -0.25) is 4.79 Å². The van der Waals surface area contributed by atoms with Crippen LogP contribution in [0.5, 0.6) is 0 Å². The van der Waals surface area contributed by atoms with E-state index in [2.05, 4.69) is 4.72 Å². The molecule has 1 heterocycles. The maximum atomic E-state index is 13.0. The van der Waals surface area contributed by atoms with E-state index >= 15 is 0 Å². The van der Waals surface area contributed by atoms with Crippen LogP contribution in [0.2, 0.25) is 5.02 Å². The van der Waals surface area contributed by atoms with Gasteiger partial charge in [0.05, 0.1) is 4.90 Å². The van der Waals surface area contributed by atoms with Gasteiger partial charge in [0.1, 0.15) is 0 Å². The second kappa shape index (κ2) is 8.83. The van der Waals surface area contributed by atoms with Crippen molar-refractivity contribution in [2.24, 2.45) is 0 Å². The van der Waals surface area contributed by atoms with Gasteiger partial charge in [-0.05, 0) is 67.3 Å². The van der Waals surface area contributed by atoms with Crippen molar-refractivity contribution in [2.75, 3.05) is 11.4 Å². The van der Waals surface area contributed by atoms with Gasteiger partial charge < -0.3 is 4.90 Å². The Bertz CT molecular complexity index is 1210. The van der Waals surface area contributed by atoms with E-state index in [-0.39, 0.29) is 16.8 Å². The van der Waals surface area contributed by atoms with Crippen LogP contribution in [0.15, 0.2) is 77.7 Å². The minimum absolute atomic E-state index is 0.144. The molecule has 0 saturated carbocycles. The number of carbonyl (C=O) groups is 1. The molecular weight excluding hydrogens is 432 g/mol. The summed E-state index contributed by atoms with van der Waals surface area (Å²) in [6.07, 6.45) is 1.48. The zero-order valence-corrected chi connectivity index (χ0v) is 18.7. The first-order valence-corrected chi connectivity index (χ1v) is 12.0. The molecule has 0 unspecified atom stereocenters. The van der Waals surface area contributed by atoms with E-state index in [1.165, 1.54) is 0 Å². The van der Waals surface area contributed by atoms with Crippen LogP contribution in [0.3, 0.4) is 0 Å². The maximum Gasteiger partial charge on any atom is 0.258 e. The molecule has 0 saturated heterocycles. The van der Waals surface area contributed by atoms with E-state index in [4.69, 9.17) is 11.6 Å². The maximum absolute atomic E-state index is 13.0. The van der Waals surface area contributed by atoms with E-state index in [0.29, 0.717) is 23.6 Å². The summed E-state index contributed by atoms with van der Waals surface area (Å²) in [4.78, 5) is 14.9. The quantitative estimate of drug-likeness (QED) is 0.591. The molecular formula is C24H23ClN2O3S. The topological polar surface area (TPSA) is 66.5 Å². The van der Waals surface area contributed by atoms with Gasteiger partial charge in [0.15, 0.2) is 0 Å². The van der Waals surface area contributed by atoms with Crippen LogP contribution in [0.25, 0.3) is 0 Å². The lowest BCUT2D eigenvalue weighted by Gasteiger charge is -2.30. The van der Waals surface area contributed by atoms with E-state index in [9.17, 15) is 13.2 Å². The van der Waals surface area contributed by atoms with E-state index in [1.54, 1.807) is 47.4 Å². The predicted octanol–water partition coefficient (Wildman–Crippen LogP) is 4.97. The number of aryl methyl sites for hydroxylation is 1. The van der Waals surface area contributed by atoms with Crippen molar-refractivity contribution in [3.05, 3.63) is 94.5 Å². The van der Waals surface area contributed by atoms with Crippen molar-refractivity contribution < 1.29 is 13.2 Å². The molecule has 0 spiro atoms. The lowest BCUT2D eigenvalue weighted by atomic mass is 10.0. The smallest absolute Gasteiger partial charge is 0.258 e. The largest absolute Gasteiger partial charge is 0.308 e. The van der Waals surface area contributed by atoms with Gasteiger partial charge in [0.2, 0.25) is 10.0 Å². The Morgan fingerprint density at radius 2 is 1.81 bits per heavy atom. The number of nitrogens with one attached hydrogen (secondary N) is 1. The molecule has 1 N–H and O–H groups in total. The molecule has 3 aromatic rings. The number of nitrogens with zero attached hydrogens (tertiary/aromatic N) is 1. The molecule has 3 aromatic carbocycles. The Morgan fingerprint density at radius 3 is 2.55 bits per heavy atom. The van der Waals surface area contributed by atoms with Crippen LogP contribution in [0.4, 0.5) is 5.69 Å². The molecule has 0 aliphatic carbocycles. The Morgan fingerprint density at radius 1 is 1.03 bits per heavy atom. The fourth-order valence-electron chi connectivity index (χ4n) is 3.84. The molecule has 0 bridgehead atoms. The van der Waals surface area contributed by atoms with E-state index in [1.807, 2.05) is 37.3 Å². The Hall–Kier alpha value is -2.67. The standard InChI is InChI=1S/C24H23ClN2O3S/c1-17(18-7-3-2-4-8-18)26-31(29,30)22-12-13-23-19(16-22)10-6-14-27(23)24(28)20-9-5-11-21(25)15-20/h2-5,7-9,11-13,15-17,26H,6,10,14H2,1H3/t17-/m0/s1. The minimum Gasteiger partial charge on any atom is -0.308 e. The lowest BCUT2D eigenvalue weighted by molar-refractivity contribution is 0.0985. The predicted molar refractivity (Wildman–Crippen MR) is 123 cm³/mol. The molecule has 160 valence electrons. The Kier molecular flexibility index (Phi) is 6.14. The summed E-state index contributed by atoms with van der Waals surface area (Å²) >= 11 is 6.04. The van der Waals surface area contributed by atoms with Crippen LogP contribution < -0.4 is 9.62 Å². The van der Waals surface area contributed by atoms with Crippen molar-refractivity contribution in [2.45, 2.75) is 30.7 Å². The summed E-state index contributed by atoms with van der Waals surface area (Å²) in [5, 5.41) is 0.503. The van der Waals surface area contributed by atoms with Crippen molar-refractivity contribution in [1.29, 1.82) is 0 Å². The van der Waals surface area contributed by atoms with Gasteiger partial charge in [0.25, 0.3) is 5.91 Å². The second-order valence-electron chi connectivity index (χ2n) is 7.61. The average molecular weight is 455 g/mol. The second-order valence-corrected chi connectivity index (χ2v) is 9.77. The first kappa shape index (κ1) is 21.6. The summed E-state index contributed by atoms with van der Waals surface area (Å²) < 4.78 is 28.7. The Balaban J connectivity index is 1.60. The van der Waals surface area contributed by atoms with Gasteiger partial charge in [-0.25, -0.2) is 13.1 Å². The lowest BCUT2D eigenvalue weighted by Crippen LogP contribution is -2.35. The summed E-state index contributed by atoms with van der Waals surface area (Å²) in [5.41, 5.74) is 2.99. The molecule has 31 heavy (non-hydrogen) atoms. The van der Waals surface area contributed by atoms with E-state index < -0.39 is 10.0 Å². The highest BCUT2D eigenvalue weighted by atomic mass is 35.5. The van der Waals surface area contributed by atoms with Gasteiger partial charge in [-0.2, -0.15) is 0 Å². The molecule has 1 aliphatic rings.